The lowest BCUT2D eigenvalue weighted by atomic mass is 10.1. The molecule has 0 saturated carbocycles. The van der Waals surface area contributed by atoms with E-state index >= 15 is 0 Å². The van der Waals surface area contributed by atoms with Crippen LogP contribution in [0.5, 0.6) is 17.2 Å². The number of benzene rings is 2. The van der Waals surface area contributed by atoms with Crippen LogP contribution in [0.3, 0.4) is 0 Å². The largest absolute Gasteiger partial charge is 0.502 e. The second kappa shape index (κ2) is 9.71. The molecule has 0 atom stereocenters. The number of aromatic hydroxyl groups is 1. The molecule has 1 fully saturated rings. The van der Waals surface area contributed by atoms with Crippen molar-refractivity contribution in [2.24, 2.45) is 0 Å². The Morgan fingerprint density at radius 2 is 1.85 bits per heavy atom. The number of alkyl halides is 3. The number of amides is 2. The standard InChI is InChI=1S/C21H17F3N2O5S2/c1-30-14-6-11(7-15(31-2)18(14)28)8-16-19(29)26(20(32)33-16)10-17(27)25-13-5-3-4-12(9-13)21(22,23)24/h3-9,28H,10H2,1-2H3,(H,25,27)/b16-8-. The van der Waals surface area contributed by atoms with E-state index in [0.29, 0.717) is 5.56 Å². The van der Waals surface area contributed by atoms with Crippen molar-refractivity contribution in [2.75, 3.05) is 26.1 Å². The molecule has 0 aromatic heterocycles. The molecule has 1 heterocycles. The van der Waals surface area contributed by atoms with Gasteiger partial charge in [-0.3, -0.25) is 14.5 Å². The van der Waals surface area contributed by atoms with Crippen LogP contribution in [-0.4, -0.2) is 46.9 Å². The van der Waals surface area contributed by atoms with Gasteiger partial charge in [0.05, 0.1) is 24.7 Å². The van der Waals surface area contributed by atoms with Gasteiger partial charge < -0.3 is 19.9 Å². The first kappa shape index (κ1) is 24.4. The van der Waals surface area contributed by atoms with Crippen LogP contribution in [0.25, 0.3) is 6.08 Å². The number of carbonyl (C=O) groups is 2. The molecule has 33 heavy (non-hydrogen) atoms. The summed E-state index contributed by atoms with van der Waals surface area (Å²) in [5, 5.41) is 12.4. The van der Waals surface area contributed by atoms with Crippen molar-refractivity contribution in [1.82, 2.24) is 4.90 Å². The van der Waals surface area contributed by atoms with Crippen LogP contribution >= 0.6 is 24.0 Å². The SMILES string of the molecule is COc1cc(/C=C2\SC(=S)N(CC(=O)Nc3cccc(C(F)(F)F)c3)C2=O)cc(OC)c1O. The maximum atomic E-state index is 12.9. The molecule has 1 aliphatic rings. The van der Waals surface area contributed by atoms with Crippen molar-refractivity contribution in [1.29, 1.82) is 0 Å². The summed E-state index contributed by atoms with van der Waals surface area (Å²) in [6, 6.07) is 7.14. The van der Waals surface area contributed by atoms with E-state index in [0.717, 1.165) is 28.8 Å². The normalized spacial score (nSPS) is 15.2. The summed E-state index contributed by atoms with van der Waals surface area (Å²) in [7, 11) is 2.72. The number of phenolic OH excluding ortho intramolecular Hbond substituents is 1. The summed E-state index contributed by atoms with van der Waals surface area (Å²) in [4.78, 5) is 26.4. The number of halogens is 3. The second-order valence-electron chi connectivity index (χ2n) is 6.67. The van der Waals surface area contributed by atoms with Gasteiger partial charge in [-0.05, 0) is 42.0 Å². The molecule has 0 aliphatic carbocycles. The molecule has 0 unspecified atom stereocenters. The predicted octanol–water partition coefficient (Wildman–Crippen LogP) is 4.27. The van der Waals surface area contributed by atoms with Crippen molar-refractivity contribution in [2.45, 2.75) is 6.18 Å². The van der Waals surface area contributed by atoms with Crippen LogP contribution in [0, 0.1) is 0 Å². The monoisotopic (exact) mass is 498 g/mol. The van der Waals surface area contributed by atoms with Crippen LogP contribution in [0.15, 0.2) is 41.3 Å². The Morgan fingerprint density at radius 1 is 1.21 bits per heavy atom. The van der Waals surface area contributed by atoms with Gasteiger partial charge in [0.2, 0.25) is 11.7 Å². The maximum Gasteiger partial charge on any atom is 0.416 e. The average molecular weight is 499 g/mol. The molecule has 2 aromatic rings. The molecule has 0 spiro atoms. The molecule has 7 nitrogen and oxygen atoms in total. The lowest BCUT2D eigenvalue weighted by Gasteiger charge is -2.15. The molecule has 12 heteroatoms. The third-order valence-corrected chi connectivity index (χ3v) is 5.83. The number of carbonyl (C=O) groups excluding carboxylic acids is 2. The second-order valence-corrected chi connectivity index (χ2v) is 8.34. The molecular weight excluding hydrogens is 481 g/mol. The third-order valence-electron chi connectivity index (χ3n) is 4.45. The highest BCUT2D eigenvalue weighted by Crippen LogP contribution is 2.39. The Labute approximate surface area is 196 Å². The van der Waals surface area contributed by atoms with Gasteiger partial charge in [-0.15, -0.1) is 0 Å². The summed E-state index contributed by atoms with van der Waals surface area (Å²) < 4.78 is 48.9. The average Bonchev–Trinajstić information content (AvgIpc) is 3.01. The van der Waals surface area contributed by atoms with E-state index in [-0.39, 0.29) is 32.2 Å². The van der Waals surface area contributed by atoms with Gasteiger partial charge in [-0.25, -0.2) is 0 Å². The highest BCUT2D eigenvalue weighted by atomic mass is 32.2. The topological polar surface area (TPSA) is 88.1 Å². The fourth-order valence-electron chi connectivity index (χ4n) is 2.90. The zero-order valence-electron chi connectivity index (χ0n) is 17.2. The molecule has 3 rings (SSSR count). The number of nitrogens with one attached hydrogen (secondary N) is 1. The minimum Gasteiger partial charge on any atom is -0.502 e. The Balaban J connectivity index is 1.75. The number of ether oxygens (including phenoxy) is 2. The first-order valence-electron chi connectivity index (χ1n) is 9.21. The molecule has 2 N–H and O–H groups in total. The molecule has 1 saturated heterocycles. The van der Waals surface area contributed by atoms with E-state index in [1.54, 1.807) is 0 Å². The number of hydrogen-bond acceptors (Lipinski definition) is 7. The fraction of sp³-hybridized carbons (Fsp3) is 0.190. The zero-order valence-corrected chi connectivity index (χ0v) is 18.9. The van der Waals surface area contributed by atoms with Crippen LogP contribution in [0.2, 0.25) is 0 Å². The van der Waals surface area contributed by atoms with Gasteiger partial charge in [0, 0.05) is 5.69 Å². The van der Waals surface area contributed by atoms with Crippen molar-refractivity contribution < 1.29 is 37.3 Å². The number of hydrogen-bond donors (Lipinski definition) is 2. The minimum absolute atomic E-state index is 0.0564. The van der Waals surface area contributed by atoms with E-state index in [2.05, 4.69) is 5.32 Å². The van der Waals surface area contributed by atoms with Gasteiger partial charge in [0.15, 0.2) is 11.5 Å². The summed E-state index contributed by atoms with van der Waals surface area (Å²) in [6.07, 6.45) is -3.06. The fourth-order valence-corrected chi connectivity index (χ4v) is 4.16. The van der Waals surface area contributed by atoms with Gasteiger partial charge in [-0.1, -0.05) is 30.0 Å². The third kappa shape index (κ3) is 5.57. The zero-order chi connectivity index (χ0) is 24.3. The highest BCUT2D eigenvalue weighted by Gasteiger charge is 2.34. The van der Waals surface area contributed by atoms with Gasteiger partial charge in [0.25, 0.3) is 5.91 Å². The number of phenols is 1. The smallest absolute Gasteiger partial charge is 0.416 e. The molecular formula is C21H17F3N2O5S2. The van der Waals surface area contributed by atoms with Crippen molar-refractivity contribution >= 4 is 51.9 Å². The lowest BCUT2D eigenvalue weighted by Crippen LogP contribution is -2.36. The molecule has 1 aliphatic heterocycles. The van der Waals surface area contributed by atoms with Crippen LogP contribution < -0.4 is 14.8 Å². The quantitative estimate of drug-likeness (QED) is 0.454. The number of thioether (sulfide) groups is 1. The molecule has 0 radical (unpaired) electrons. The van der Waals surface area contributed by atoms with Crippen LogP contribution in [-0.2, 0) is 15.8 Å². The summed E-state index contributed by atoms with van der Waals surface area (Å²) in [6.45, 7) is -0.472. The number of thiocarbonyl (C=S) groups is 1. The van der Waals surface area contributed by atoms with E-state index in [1.807, 2.05) is 0 Å². The molecule has 174 valence electrons. The Bertz CT molecular complexity index is 1130. The maximum absolute atomic E-state index is 12.9. The van der Waals surface area contributed by atoms with Crippen molar-refractivity contribution in [3.05, 3.63) is 52.4 Å². The number of methoxy groups -OCH3 is 2. The Hall–Kier alpha value is -3.25. The van der Waals surface area contributed by atoms with E-state index < -0.39 is 30.1 Å². The lowest BCUT2D eigenvalue weighted by molar-refractivity contribution is -0.137. The Morgan fingerprint density at radius 3 is 2.42 bits per heavy atom. The number of nitrogens with zero attached hydrogens (tertiary/aromatic N) is 1. The van der Waals surface area contributed by atoms with Gasteiger partial charge in [0.1, 0.15) is 10.9 Å². The predicted molar refractivity (Wildman–Crippen MR) is 121 cm³/mol. The molecule has 0 bridgehead atoms. The highest BCUT2D eigenvalue weighted by molar-refractivity contribution is 8.26. The Kier molecular flexibility index (Phi) is 7.18. The van der Waals surface area contributed by atoms with E-state index in [9.17, 15) is 27.9 Å². The minimum atomic E-state index is -4.55. The van der Waals surface area contributed by atoms with E-state index in [1.165, 1.54) is 44.6 Å². The number of rotatable bonds is 6. The molecule has 2 aromatic carbocycles. The summed E-state index contributed by atoms with van der Waals surface area (Å²) in [5.74, 6) is -1.18. The van der Waals surface area contributed by atoms with Gasteiger partial charge in [-0.2, -0.15) is 13.2 Å². The number of anilines is 1. The van der Waals surface area contributed by atoms with Crippen LogP contribution in [0.1, 0.15) is 11.1 Å². The van der Waals surface area contributed by atoms with Crippen molar-refractivity contribution in [3.63, 3.8) is 0 Å². The first-order valence-corrected chi connectivity index (χ1v) is 10.4. The summed E-state index contributed by atoms with van der Waals surface area (Å²) >= 11 is 6.15. The molecule has 2 amide bonds. The van der Waals surface area contributed by atoms with Crippen LogP contribution in [0.4, 0.5) is 18.9 Å². The van der Waals surface area contributed by atoms with Gasteiger partial charge >= 0.3 is 6.18 Å². The summed E-state index contributed by atoms with van der Waals surface area (Å²) in [5.41, 5.74) is -0.483. The van der Waals surface area contributed by atoms with Crippen molar-refractivity contribution in [3.8, 4) is 17.2 Å². The van der Waals surface area contributed by atoms with E-state index in [4.69, 9.17) is 21.7 Å². The first-order chi connectivity index (χ1) is 15.5.